The van der Waals surface area contributed by atoms with E-state index in [1.807, 2.05) is 75.9 Å². The van der Waals surface area contributed by atoms with Gasteiger partial charge in [0, 0.05) is 22.9 Å². The number of aromatic nitrogens is 4. The van der Waals surface area contributed by atoms with Crippen LogP contribution < -0.4 is 11.1 Å². The van der Waals surface area contributed by atoms with Crippen LogP contribution in [-0.4, -0.2) is 72.9 Å². The molecule has 0 bridgehead atoms. The largest absolute Gasteiger partial charge is 0.453 e. The number of carbonyl (C=O) groups excluding carboxylic acids is 3. The first-order valence-corrected chi connectivity index (χ1v) is 21.4. The molecule has 12 nitrogen and oxygen atoms in total. The second kappa shape index (κ2) is 16.6. The van der Waals surface area contributed by atoms with Crippen LogP contribution in [0.2, 0.25) is 0 Å². The number of imidazole rings is 2. The molecule has 5 aromatic carbocycles. The molecule has 316 valence electrons. The molecule has 1 fully saturated rings. The van der Waals surface area contributed by atoms with Crippen molar-refractivity contribution in [1.29, 1.82) is 0 Å². The lowest BCUT2D eigenvalue weighted by Gasteiger charge is -2.36. The Hall–Kier alpha value is -6.27. The lowest BCUT2D eigenvalue weighted by atomic mass is 9.98. The van der Waals surface area contributed by atoms with Crippen molar-refractivity contribution in [2.45, 2.75) is 97.6 Å². The molecular formula is C49H56N8O4. The van der Waals surface area contributed by atoms with Crippen LogP contribution in [0.15, 0.2) is 91.0 Å². The Balaban J connectivity index is 1.09. The zero-order chi connectivity index (χ0) is 43.3. The van der Waals surface area contributed by atoms with Crippen LogP contribution in [0.25, 0.3) is 54.7 Å². The van der Waals surface area contributed by atoms with Gasteiger partial charge in [-0.05, 0) is 97.2 Å². The van der Waals surface area contributed by atoms with Gasteiger partial charge in [0.25, 0.3) is 5.91 Å². The molecule has 0 radical (unpaired) electrons. The average molecular weight is 821 g/mol. The standard InChI is InChI=1S/C49H56N8O4/c1-9-28(5)56(48(59)41(55-49(60)61-8)31-13-11-10-12-14-31)30(7)45-51-38-21-17-34-24-32(15-19-36(34)42(38)53-45)33-16-20-37-35(25-33)18-22-39-43(37)54-46(52-39)44-27(4)23-29(6)57(44)47(58)40(50)26(2)3/h10-22,24-30,40-41,44H,9,23,50H2,1-8H3,(H,51,53)(H,52,54)(H,55,60)/t27-,28?,29+,30-,40-,41+,44?/m0/s1. The fourth-order valence-corrected chi connectivity index (χ4v) is 9.26. The molecule has 61 heavy (non-hydrogen) atoms. The number of nitrogens with one attached hydrogen (secondary N) is 3. The molecule has 0 saturated carbocycles. The van der Waals surface area contributed by atoms with Crippen LogP contribution in [0.3, 0.4) is 0 Å². The highest BCUT2D eigenvalue weighted by molar-refractivity contribution is 6.07. The van der Waals surface area contributed by atoms with Crippen molar-refractivity contribution in [1.82, 2.24) is 35.1 Å². The molecule has 0 aliphatic carbocycles. The number of methoxy groups -OCH3 is 1. The van der Waals surface area contributed by atoms with E-state index in [0.29, 0.717) is 17.8 Å². The topological polar surface area (TPSA) is 162 Å². The number of likely N-dealkylation sites (tertiary alicyclic amines) is 1. The van der Waals surface area contributed by atoms with Crippen molar-refractivity contribution >= 4 is 61.5 Å². The monoisotopic (exact) mass is 820 g/mol. The molecule has 1 aliphatic rings. The third-order valence-electron chi connectivity index (χ3n) is 12.8. The van der Waals surface area contributed by atoms with Crippen LogP contribution in [0.1, 0.15) is 96.6 Å². The number of nitrogens with two attached hydrogens (primary N) is 1. The number of ether oxygens (including phenoxy) is 1. The molecule has 0 spiro atoms. The molecule has 7 atom stereocenters. The predicted octanol–water partition coefficient (Wildman–Crippen LogP) is 9.48. The Bertz CT molecular complexity index is 2760. The molecule has 12 heteroatoms. The Morgan fingerprint density at radius 1 is 0.852 bits per heavy atom. The van der Waals surface area contributed by atoms with Gasteiger partial charge in [0.2, 0.25) is 5.91 Å². The number of rotatable bonds is 11. The van der Waals surface area contributed by atoms with Crippen LogP contribution in [0.4, 0.5) is 4.79 Å². The molecule has 3 amide bonds. The Morgan fingerprint density at radius 2 is 1.46 bits per heavy atom. The second-order valence-corrected chi connectivity index (χ2v) is 17.2. The van der Waals surface area contributed by atoms with Crippen LogP contribution in [0, 0.1) is 11.8 Å². The van der Waals surface area contributed by atoms with Gasteiger partial charge in [-0.2, -0.15) is 0 Å². The van der Waals surface area contributed by atoms with E-state index in [2.05, 4.69) is 83.7 Å². The Kier molecular flexibility index (Phi) is 11.3. The summed E-state index contributed by atoms with van der Waals surface area (Å²) in [6.07, 6.45) is 0.920. The minimum absolute atomic E-state index is 0.0194. The highest BCUT2D eigenvalue weighted by Gasteiger charge is 2.44. The van der Waals surface area contributed by atoms with Gasteiger partial charge in [-0.3, -0.25) is 9.59 Å². The SMILES string of the molecule is CCC(C)N(C(=O)[C@H](NC(=O)OC)c1ccccc1)[C@@H](C)c1nc2c(ccc3cc(-c4ccc5c(ccc6[nH]c(C7[C@@H](C)C[C@@H](C)N7C(=O)[C@@H](N)C(C)C)nc65)c4)ccc32)[nH]1. The summed E-state index contributed by atoms with van der Waals surface area (Å²) in [6, 6.07) is 28.3. The van der Waals surface area contributed by atoms with Gasteiger partial charge >= 0.3 is 6.09 Å². The van der Waals surface area contributed by atoms with Gasteiger partial charge in [-0.25, -0.2) is 14.8 Å². The van der Waals surface area contributed by atoms with E-state index in [1.54, 1.807) is 4.90 Å². The smallest absolute Gasteiger partial charge is 0.407 e. The number of fused-ring (bicyclic) bond motifs is 6. The van der Waals surface area contributed by atoms with Gasteiger partial charge in [-0.15, -0.1) is 0 Å². The van der Waals surface area contributed by atoms with Crippen molar-refractivity contribution < 1.29 is 19.1 Å². The summed E-state index contributed by atoms with van der Waals surface area (Å²) >= 11 is 0. The average Bonchev–Trinajstić information content (AvgIpc) is 3.99. The minimum atomic E-state index is -0.937. The summed E-state index contributed by atoms with van der Waals surface area (Å²) < 4.78 is 4.90. The number of carbonyl (C=O) groups is 3. The zero-order valence-electron chi connectivity index (χ0n) is 36.2. The second-order valence-electron chi connectivity index (χ2n) is 17.2. The van der Waals surface area contributed by atoms with Crippen molar-refractivity contribution in [3.05, 3.63) is 108 Å². The van der Waals surface area contributed by atoms with Gasteiger partial charge in [-0.1, -0.05) is 94.4 Å². The quantitative estimate of drug-likeness (QED) is 0.101. The first-order chi connectivity index (χ1) is 29.3. The minimum Gasteiger partial charge on any atom is -0.453 e. The molecule has 2 aromatic heterocycles. The summed E-state index contributed by atoms with van der Waals surface area (Å²) in [5, 5.41) is 6.91. The number of alkyl carbamates (subject to hydrolysis) is 1. The van der Waals surface area contributed by atoms with E-state index in [4.69, 9.17) is 20.4 Å². The number of hydrogen-bond donors (Lipinski definition) is 4. The van der Waals surface area contributed by atoms with Crippen LogP contribution in [0.5, 0.6) is 0 Å². The normalized spacial score (nSPS) is 18.8. The summed E-state index contributed by atoms with van der Waals surface area (Å²) in [5.41, 5.74) is 12.7. The number of H-pyrrole nitrogens is 2. The highest BCUT2D eigenvalue weighted by atomic mass is 16.5. The van der Waals surface area contributed by atoms with Gasteiger partial charge in [0.15, 0.2) is 0 Å². The fourth-order valence-electron chi connectivity index (χ4n) is 9.26. The molecular weight excluding hydrogens is 765 g/mol. The zero-order valence-corrected chi connectivity index (χ0v) is 36.2. The summed E-state index contributed by atoms with van der Waals surface area (Å²) in [6.45, 7) is 14.3. The lowest BCUT2D eigenvalue weighted by molar-refractivity contribution is -0.138. The molecule has 5 N–H and O–H groups in total. The molecule has 1 aliphatic heterocycles. The van der Waals surface area contributed by atoms with Crippen molar-refractivity contribution in [3.8, 4) is 11.1 Å². The maximum Gasteiger partial charge on any atom is 0.407 e. The predicted molar refractivity (Wildman–Crippen MR) is 242 cm³/mol. The number of aromatic amines is 2. The molecule has 8 rings (SSSR count). The van der Waals surface area contributed by atoms with Gasteiger partial charge in [0.05, 0.1) is 47.3 Å². The molecule has 7 aromatic rings. The maximum atomic E-state index is 14.4. The molecule has 3 heterocycles. The van der Waals surface area contributed by atoms with E-state index in [9.17, 15) is 14.4 Å². The van der Waals surface area contributed by atoms with Crippen molar-refractivity contribution in [2.24, 2.45) is 17.6 Å². The number of hydrogen-bond acceptors (Lipinski definition) is 7. The van der Waals surface area contributed by atoms with Gasteiger partial charge in [0.1, 0.15) is 17.7 Å². The maximum absolute atomic E-state index is 14.4. The molecule has 1 saturated heterocycles. The highest BCUT2D eigenvalue weighted by Crippen LogP contribution is 2.42. The Morgan fingerprint density at radius 3 is 2.05 bits per heavy atom. The summed E-state index contributed by atoms with van der Waals surface area (Å²) in [7, 11) is 1.29. The van der Waals surface area contributed by atoms with E-state index in [0.717, 1.165) is 67.0 Å². The first-order valence-electron chi connectivity index (χ1n) is 21.4. The van der Waals surface area contributed by atoms with Gasteiger partial charge < -0.3 is 35.6 Å². The fraction of sp³-hybridized carbons (Fsp3) is 0.367. The first kappa shape index (κ1) is 41.5. The number of benzene rings is 5. The van der Waals surface area contributed by atoms with Crippen LogP contribution in [-0.2, 0) is 14.3 Å². The summed E-state index contributed by atoms with van der Waals surface area (Å²) in [4.78, 5) is 61.6. The van der Waals surface area contributed by atoms with E-state index in [1.165, 1.54) is 7.11 Å². The Labute approximate surface area is 356 Å². The number of nitrogens with zero attached hydrogens (tertiary/aromatic N) is 4. The van der Waals surface area contributed by atoms with E-state index >= 15 is 0 Å². The lowest BCUT2D eigenvalue weighted by Crippen LogP contribution is -2.49. The molecule has 2 unspecified atom stereocenters. The van der Waals surface area contributed by atoms with E-state index < -0.39 is 24.2 Å². The third-order valence-corrected chi connectivity index (χ3v) is 12.8. The summed E-state index contributed by atoms with van der Waals surface area (Å²) in [5.74, 6) is 1.47. The number of amides is 3. The van der Waals surface area contributed by atoms with Crippen LogP contribution >= 0.6 is 0 Å². The third kappa shape index (κ3) is 7.58. The van der Waals surface area contributed by atoms with E-state index in [-0.39, 0.29) is 41.8 Å². The van der Waals surface area contributed by atoms with Crippen molar-refractivity contribution in [3.63, 3.8) is 0 Å². The van der Waals surface area contributed by atoms with Crippen molar-refractivity contribution in [2.75, 3.05) is 7.11 Å².